The maximum atomic E-state index is 10.2. The molecule has 27 heavy (non-hydrogen) atoms. The number of hydrogen-bond donors (Lipinski definition) is 2. The first-order valence-electron chi connectivity index (χ1n) is 8.99. The van der Waals surface area contributed by atoms with Crippen molar-refractivity contribution in [3.05, 3.63) is 52.5 Å². The van der Waals surface area contributed by atoms with Crippen molar-refractivity contribution >= 4 is 28.9 Å². The highest BCUT2D eigenvalue weighted by atomic mass is 35.5. The van der Waals surface area contributed by atoms with Crippen molar-refractivity contribution in [1.29, 1.82) is 0 Å². The van der Waals surface area contributed by atoms with E-state index in [0.29, 0.717) is 27.2 Å². The van der Waals surface area contributed by atoms with Crippen LogP contribution in [0, 0.1) is 0 Å². The molecule has 1 saturated heterocycles. The van der Waals surface area contributed by atoms with E-state index in [4.69, 9.17) is 38.4 Å². The van der Waals surface area contributed by atoms with Gasteiger partial charge in [-0.25, -0.2) is 0 Å². The predicted molar refractivity (Wildman–Crippen MR) is 109 cm³/mol. The topological polar surface area (TPSA) is 68.0 Å². The van der Waals surface area contributed by atoms with Gasteiger partial charge in [-0.15, -0.1) is 0 Å². The monoisotopic (exact) mass is 410 g/mol. The Morgan fingerprint density at radius 3 is 2.44 bits per heavy atom. The molecule has 1 heterocycles. The summed E-state index contributed by atoms with van der Waals surface area (Å²) in [6.07, 6.45) is 0.599. The molecule has 0 radical (unpaired) electrons. The Labute approximate surface area is 169 Å². The molecule has 146 valence electrons. The number of nitrogens with zero attached hydrogens (tertiary/aromatic N) is 1. The summed E-state index contributed by atoms with van der Waals surface area (Å²) in [6, 6.07) is 12.6. The number of halogens is 2. The Morgan fingerprint density at radius 1 is 1.11 bits per heavy atom. The third-order valence-electron chi connectivity index (χ3n) is 4.61. The van der Waals surface area contributed by atoms with Gasteiger partial charge < -0.3 is 20.3 Å². The Morgan fingerprint density at radius 2 is 1.81 bits per heavy atom. The molecule has 0 saturated carbocycles. The molecule has 0 spiro atoms. The van der Waals surface area contributed by atoms with Crippen LogP contribution in [0.1, 0.15) is 19.8 Å². The van der Waals surface area contributed by atoms with Crippen molar-refractivity contribution in [3.63, 3.8) is 0 Å². The Kier molecular flexibility index (Phi) is 6.71. The van der Waals surface area contributed by atoms with Crippen LogP contribution in [0.25, 0.3) is 0 Å². The van der Waals surface area contributed by atoms with E-state index in [0.717, 1.165) is 25.9 Å². The van der Waals surface area contributed by atoms with Crippen molar-refractivity contribution in [1.82, 2.24) is 4.90 Å². The summed E-state index contributed by atoms with van der Waals surface area (Å²) in [4.78, 5) is 2.12. The molecular weight excluding hydrogens is 387 g/mol. The van der Waals surface area contributed by atoms with Crippen LogP contribution in [0.4, 0.5) is 5.69 Å². The third kappa shape index (κ3) is 5.20. The van der Waals surface area contributed by atoms with Crippen molar-refractivity contribution in [2.75, 3.05) is 18.8 Å². The number of aliphatic hydroxyl groups excluding tert-OH is 1. The van der Waals surface area contributed by atoms with Crippen molar-refractivity contribution in [2.45, 2.75) is 38.2 Å². The first kappa shape index (κ1) is 20.1. The zero-order chi connectivity index (χ0) is 19.4. The van der Waals surface area contributed by atoms with Gasteiger partial charge in [0.15, 0.2) is 6.23 Å². The molecule has 5 nitrogen and oxygen atoms in total. The molecule has 0 aliphatic carbocycles. The lowest BCUT2D eigenvalue weighted by atomic mass is 10.1. The highest BCUT2D eigenvalue weighted by Crippen LogP contribution is 2.29. The normalized spacial score (nSPS) is 18.1. The molecule has 1 aliphatic heterocycles. The number of likely N-dealkylation sites (tertiary alicyclic amines) is 1. The van der Waals surface area contributed by atoms with Gasteiger partial charge >= 0.3 is 0 Å². The Bertz CT molecular complexity index is 765. The molecular formula is C20H24Cl2N2O3. The zero-order valence-corrected chi connectivity index (χ0v) is 16.7. The highest BCUT2D eigenvalue weighted by molar-refractivity contribution is 6.42. The van der Waals surface area contributed by atoms with E-state index in [9.17, 15) is 5.11 Å². The average molecular weight is 411 g/mol. The Hall–Kier alpha value is -1.66. The molecule has 2 unspecified atom stereocenters. The van der Waals surface area contributed by atoms with Gasteiger partial charge in [0.05, 0.1) is 15.7 Å². The number of benzene rings is 2. The molecule has 0 aromatic heterocycles. The van der Waals surface area contributed by atoms with Gasteiger partial charge in [-0.2, -0.15) is 0 Å². The summed E-state index contributed by atoms with van der Waals surface area (Å²) in [5.41, 5.74) is 6.52. The molecule has 2 aromatic carbocycles. The second-order valence-corrected chi connectivity index (χ2v) is 7.53. The lowest BCUT2D eigenvalue weighted by molar-refractivity contribution is -0.0753. The molecule has 0 bridgehead atoms. The minimum Gasteiger partial charge on any atom is -0.490 e. The van der Waals surface area contributed by atoms with Crippen LogP contribution in [0.3, 0.4) is 0 Å². The standard InChI is InChI=1S/C20H24Cl2N2O3/c1-13(25)20(27-19-5-3-2-4-18(19)23)24-10-8-14(9-11-24)26-15-6-7-16(21)17(22)12-15/h2-7,12-14,20,25H,8-11,23H2,1H3. The molecule has 2 atom stereocenters. The van der Waals surface area contributed by atoms with Crippen molar-refractivity contribution < 1.29 is 14.6 Å². The molecule has 1 fully saturated rings. The number of piperidine rings is 1. The van der Waals surface area contributed by atoms with Gasteiger partial charge in [-0.05, 0) is 44.0 Å². The second kappa shape index (κ2) is 9.02. The summed E-state index contributed by atoms with van der Waals surface area (Å²) in [5.74, 6) is 1.29. The average Bonchev–Trinajstić information content (AvgIpc) is 2.65. The number of nitrogens with two attached hydrogens (primary N) is 1. The first-order valence-corrected chi connectivity index (χ1v) is 9.74. The first-order chi connectivity index (χ1) is 12.9. The fourth-order valence-corrected chi connectivity index (χ4v) is 3.47. The largest absolute Gasteiger partial charge is 0.490 e. The number of anilines is 1. The van der Waals surface area contributed by atoms with Gasteiger partial charge in [-0.1, -0.05) is 35.3 Å². The number of nitrogen functional groups attached to an aromatic ring is 1. The summed E-state index contributed by atoms with van der Waals surface area (Å²) < 4.78 is 12.0. The fourth-order valence-electron chi connectivity index (χ4n) is 3.19. The maximum absolute atomic E-state index is 10.2. The molecule has 1 aliphatic rings. The van der Waals surface area contributed by atoms with Crippen LogP contribution in [-0.2, 0) is 0 Å². The summed E-state index contributed by atoms with van der Waals surface area (Å²) in [6.45, 7) is 3.21. The van der Waals surface area contributed by atoms with Crippen molar-refractivity contribution in [3.8, 4) is 11.5 Å². The van der Waals surface area contributed by atoms with E-state index >= 15 is 0 Å². The van der Waals surface area contributed by atoms with Gasteiger partial charge in [0, 0.05) is 19.2 Å². The van der Waals surface area contributed by atoms with Crippen LogP contribution < -0.4 is 15.2 Å². The smallest absolute Gasteiger partial charge is 0.178 e. The number of aliphatic hydroxyl groups is 1. The van der Waals surface area contributed by atoms with Gasteiger partial charge in [-0.3, -0.25) is 4.90 Å². The summed E-state index contributed by atoms with van der Waals surface area (Å²) >= 11 is 12.0. The van der Waals surface area contributed by atoms with Crippen molar-refractivity contribution in [2.24, 2.45) is 0 Å². The van der Waals surface area contributed by atoms with E-state index in [2.05, 4.69) is 4.90 Å². The van der Waals surface area contributed by atoms with Gasteiger partial charge in [0.1, 0.15) is 23.7 Å². The maximum Gasteiger partial charge on any atom is 0.178 e. The molecule has 2 aromatic rings. The van der Waals surface area contributed by atoms with Crippen LogP contribution >= 0.6 is 23.2 Å². The van der Waals surface area contributed by atoms with Gasteiger partial charge in [0.25, 0.3) is 0 Å². The minimum atomic E-state index is -0.655. The van der Waals surface area contributed by atoms with E-state index in [1.165, 1.54) is 0 Å². The second-order valence-electron chi connectivity index (χ2n) is 6.72. The number of para-hydroxylation sites is 2. The summed E-state index contributed by atoms with van der Waals surface area (Å²) in [7, 11) is 0. The van der Waals surface area contributed by atoms with E-state index in [1.807, 2.05) is 24.3 Å². The minimum absolute atomic E-state index is 0.0786. The van der Waals surface area contributed by atoms with Gasteiger partial charge in [0.2, 0.25) is 0 Å². The molecule has 3 N–H and O–H groups in total. The summed E-state index contributed by atoms with van der Waals surface area (Å²) in [5, 5.41) is 11.2. The van der Waals surface area contributed by atoms with Crippen LogP contribution in [-0.4, -0.2) is 41.5 Å². The lowest BCUT2D eigenvalue weighted by Crippen LogP contribution is -2.51. The van der Waals surface area contributed by atoms with E-state index in [1.54, 1.807) is 25.1 Å². The third-order valence-corrected chi connectivity index (χ3v) is 5.35. The number of ether oxygens (including phenoxy) is 2. The van der Waals surface area contributed by atoms with E-state index < -0.39 is 12.3 Å². The highest BCUT2D eigenvalue weighted by Gasteiger charge is 2.30. The van der Waals surface area contributed by atoms with Crippen LogP contribution in [0.15, 0.2) is 42.5 Å². The SMILES string of the molecule is CC(O)C(Oc1ccccc1N)N1CCC(Oc2ccc(Cl)c(Cl)c2)CC1. The van der Waals surface area contributed by atoms with Crippen LogP contribution in [0.5, 0.6) is 11.5 Å². The lowest BCUT2D eigenvalue weighted by Gasteiger charge is -2.38. The van der Waals surface area contributed by atoms with Crippen LogP contribution in [0.2, 0.25) is 10.0 Å². The zero-order valence-electron chi connectivity index (χ0n) is 15.1. The van der Waals surface area contributed by atoms with E-state index in [-0.39, 0.29) is 6.10 Å². The number of rotatable bonds is 6. The number of hydrogen-bond acceptors (Lipinski definition) is 5. The molecule has 7 heteroatoms. The quantitative estimate of drug-likeness (QED) is 0.698. The molecule has 3 rings (SSSR count). The Balaban J connectivity index is 1.59. The predicted octanol–water partition coefficient (Wildman–Crippen LogP) is 4.20. The molecule has 0 amide bonds. The fraction of sp³-hybridized carbons (Fsp3) is 0.400.